The minimum absolute atomic E-state index is 0.635. The van der Waals surface area contributed by atoms with E-state index >= 15 is 0 Å². The SMILES string of the molecule is Cc1cc(-n2c3ccccc3c3ccccc32)c(C)cc1-c1ccc(-c2nc(-c3ccccc3)nc(-c3ccc(-c4cc(C)c(-n5c6ccccc6c6ccccc65)cc4C)cc3)n2)cc1. The fourth-order valence-corrected chi connectivity index (χ4v) is 10.0. The van der Waals surface area contributed by atoms with Crippen LogP contribution in [0.4, 0.5) is 0 Å². The summed E-state index contributed by atoms with van der Waals surface area (Å²) in [4.78, 5) is 15.2. The third-order valence-electron chi connectivity index (χ3n) is 13.3. The molecule has 3 aromatic heterocycles. The number of benzene rings is 9. The minimum Gasteiger partial charge on any atom is -0.309 e. The molecule has 3 heterocycles. The number of nitrogens with zero attached hydrogens (tertiary/aromatic N) is 5. The van der Waals surface area contributed by atoms with E-state index in [1.807, 2.05) is 18.2 Å². The molecule has 0 fully saturated rings. The molecule has 5 nitrogen and oxygen atoms in total. The van der Waals surface area contributed by atoms with Crippen molar-refractivity contribution >= 4 is 43.6 Å². The first-order chi connectivity index (χ1) is 32.4. The molecule has 0 unspecified atom stereocenters. The summed E-state index contributed by atoms with van der Waals surface area (Å²) in [6, 6.07) is 71.5. The quantitative estimate of drug-likeness (QED) is 0.161. The number of aromatic nitrogens is 5. The highest BCUT2D eigenvalue weighted by Gasteiger charge is 2.19. The summed E-state index contributed by atoms with van der Waals surface area (Å²) in [5.41, 5.74) is 19.6. The van der Waals surface area contributed by atoms with Gasteiger partial charge in [-0.15, -0.1) is 0 Å². The highest BCUT2D eigenvalue weighted by atomic mass is 15.0. The minimum atomic E-state index is 0.635. The van der Waals surface area contributed by atoms with Crippen LogP contribution in [0.25, 0.3) is 111 Å². The first-order valence-electron chi connectivity index (χ1n) is 22.6. The molecular weight excluding hydrogens is 803 g/mol. The first kappa shape index (κ1) is 39.2. The number of fused-ring (bicyclic) bond motifs is 6. The van der Waals surface area contributed by atoms with E-state index in [2.05, 4.69) is 219 Å². The second kappa shape index (κ2) is 15.7. The lowest BCUT2D eigenvalue weighted by molar-refractivity contribution is 1.07. The molecule has 0 amide bonds. The van der Waals surface area contributed by atoms with Gasteiger partial charge in [-0.1, -0.05) is 152 Å². The molecule has 0 spiro atoms. The van der Waals surface area contributed by atoms with Gasteiger partial charge in [0.2, 0.25) is 0 Å². The Hall–Kier alpha value is -8.41. The van der Waals surface area contributed by atoms with E-state index in [0.717, 1.165) is 27.8 Å². The summed E-state index contributed by atoms with van der Waals surface area (Å²) in [7, 11) is 0. The summed E-state index contributed by atoms with van der Waals surface area (Å²) in [6.07, 6.45) is 0. The maximum atomic E-state index is 5.12. The maximum absolute atomic E-state index is 5.12. The van der Waals surface area contributed by atoms with Gasteiger partial charge in [-0.05, 0) is 121 Å². The van der Waals surface area contributed by atoms with Crippen LogP contribution in [-0.2, 0) is 0 Å². The van der Waals surface area contributed by atoms with Crippen molar-refractivity contribution in [2.24, 2.45) is 0 Å². The van der Waals surface area contributed by atoms with E-state index < -0.39 is 0 Å². The third-order valence-corrected chi connectivity index (χ3v) is 13.3. The number of para-hydroxylation sites is 4. The van der Waals surface area contributed by atoms with Gasteiger partial charge >= 0.3 is 0 Å². The lowest BCUT2D eigenvalue weighted by atomic mass is 9.96. The van der Waals surface area contributed by atoms with Crippen LogP contribution in [0, 0.1) is 27.7 Å². The molecule has 0 aliphatic carbocycles. The van der Waals surface area contributed by atoms with Gasteiger partial charge in [-0.25, -0.2) is 15.0 Å². The summed E-state index contributed by atoms with van der Waals surface area (Å²) < 4.78 is 4.81. The summed E-state index contributed by atoms with van der Waals surface area (Å²) in [5, 5.41) is 5.06. The van der Waals surface area contributed by atoms with Gasteiger partial charge in [0.15, 0.2) is 17.5 Å². The molecule has 0 aliphatic rings. The van der Waals surface area contributed by atoms with Gasteiger partial charge in [-0.2, -0.15) is 0 Å². The standard InChI is InChI=1S/C61H45N5/c1-38-36-57(65-53-22-12-8-18-47(53)48-19-9-13-23-54(48)65)40(3)34-51(38)42-26-30-45(31-27-42)60-62-59(44-16-6-5-7-17-44)63-61(64-60)46-32-28-43(29-33-46)52-35-41(4)58(37-39(52)2)66-55-24-14-10-20-49(55)50-21-11-15-25-56(50)66/h5-37H,1-4H3. The Morgan fingerprint density at radius 1 is 0.273 bits per heavy atom. The first-order valence-corrected chi connectivity index (χ1v) is 22.6. The zero-order chi connectivity index (χ0) is 44.5. The average Bonchev–Trinajstić information content (AvgIpc) is 3.88. The Balaban J connectivity index is 0.877. The van der Waals surface area contributed by atoms with Crippen LogP contribution in [0.5, 0.6) is 0 Å². The molecular formula is C61H45N5. The van der Waals surface area contributed by atoms with Gasteiger partial charge in [0, 0.05) is 49.6 Å². The second-order valence-electron chi connectivity index (χ2n) is 17.5. The highest BCUT2D eigenvalue weighted by molar-refractivity contribution is 6.10. The predicted molar refractivity (Wildman–Crippen MR) is 275 cm³/mol. The van der Waals surface area contributed by atoms with Crippen molar-refractivity contribution < 1.29 is 0 Å². The molecule has 9 aromatic carbocycles. The molecule has 0 aliphatic heterocycles. The topological polar surface area (TPSA) is 48.5 Å². The van der Waals surface area contributed by atoms with Gasteiger partial charge in [0.05, 0.1) is 22.1 Å². The van der Waals surface area contributed by atoms with Crippen molar-refractivity contribution in [1.82, 2.24) is 24.1 Å². The van der Waals surface area contributed by atoms with Crippen LogP contribution in [0.15, 0.2) is 200 Å². The smallest absolute Gasteiger partial charge is 0.164 e. The van der Waals surface area contributed by atoms with Crippen LogP contribution >= 0.6 is 0 Å². The maximum Gasteiger partial charge on any atom is 0.164 e. The predicted octanol–water partition coefficient (Wildman–Crippen LogP) is 15.6. The molecule has 0 bridgehead atoms. The molecule has 66 heavy (non-hydrogen) atoms. The van der Waals surface area contributed by atoms with Gasteiger partial charge < -0.3 is 9.13 Å². The van der Waals surface area contributed by atoms with Crippen molar-refractivity contribution in [2.75, 3.05) is 0 Å². The van der Waals surface area contributed by atoms with Crippen molar-refractivity contribution in [3.05, 3.63) is 222 Å². The van der Waals surface area contributed by atoms with Crippen LogP contribution < -0.4 is 0 Å². The van der Waals surface area contributed by atoms with Crippen LogP contribution in [0.3, 0.4) is 0 Å². The summed E-state index contributed by atoms with van der Waals surface area (Å²) in [5.74, 6) is 1.91. The normalized spacial score (nSPS) is 11.6. The molecule has 5 heteroatoms. The fourth-order valence-electron chi connectivity index (χ4n) is 10.0. The van der Waals surface area contributed by atoms with E-state index in [0.29, 0.717) is 17.5 Å². The number of hydrogen-bond acceptors (Lipinski definition) is 3. The second-order valence-corrected chi connectivity index (χ2v) is 17.5. The summed E-state index contributed by atoms with van der Waals surface area (Å²) >= 11 is 0. The largest absolute Gasteiger partial charge is 0.309 e. The number of hydrogen-bond donors (Lipinski definition) is 0. The van der Waals surface area contributed by atoms with Crippen LogP contribution in [0.2, 0.25) is 0 Å². The van der Waals surface area contributed by atoms with Crippen LogP contribution in [0.1, 0.15) is 22.3 Å². The lowest BCUT2D eigenvalue weighted by Gasteiger charge is -2.16. The zero-order valence-corrected chi connectivity index (χ0v) is 37.3. The monoisotopic (exact) mass is 847 g/mol. The molecule has 12 rings (SSSR count). The molecule has 314 valence electrons. The van der Waals surface area contributed by atoms with Crippen molar-refractivity contribution in [3.63, 3.8) is 0 Å². The Labute approximate surface area is 384 Å². The van der Waals surface area contributed by atoms with Crippen LogP contribution in [-0.4, -0.2) is 24.1 Å². The molecule has 0 saturated heterocycles. The molecule has 0 N–H and O–H groups in total. The van der Waals surface area contributed by atoms with E-state index in [9.17, 15) is 0 Å². The Bertz CT molecular complexity index is 3500. The third kappa shape index (κ3) is 6.50. The lowest BCUT2D eigenvalue weighted by Crippen LogP contribution is -2.01. The Kier molecular flexibility index (Phi) is 9.32. The summed E-state index contributed by atoms with van der Waals surface area (Å²) in [6.45, 7) is 8.85. The van der Waals surface area contributed by atoms with Crippen molar-refractivity contribution in [3.8, 4) is 67.8 Å². The van der Waals surface area contributed by atoms with Gasteiger partial charge in [0.25, 0.3) is 0 Å². The van der Waals surface area contributed by atoms with E-state index in [1.165, 1.54) is 88.4 Å². The Morgan fingerprint density at radius 2 is 0.561 bits per heavy atom. The molecule has 0 atom stereocenters. The molecule has 0 radical (unpaired) electrons. The molecule has 12 aromatic rings. The van der Waals surface area contributed by atoms with Gasteiger partial charge in [-0.3, -0.25) is 0 Å². The van der Waals surface area contributed by atoms with E-state index in [4.69, 9.17) is 15.0 Å². The van der Waals surface area contributed by atoms with E-state index in [-0.39, 0.29) is 0 Å². The van der Waals surface area contributed by atoms with Gasteiger partial charge in [0.1, 0.15) is 0 Å². The Morgan fingerprint density at radius 3 is 0.909 bits per heavy atom. The highest BCUT2D eigenvalue weighted by Crippen LogP contribution is 2.38. The zero-order valence-electron chi connectivity index (χ0n) is 37.3. The van der Waals surface area contributed by atoms with Crippen molar-refractivity contribution in [2.45, 2.75) is 27.7 Å². The number of aryl methyl sites for hydroxylation is 4. The average molecular weight is 848 g/mol. The fraction of sp³-hybridized carbons (Fsp3) is 0.0656. The number of rotatable bonds is 7. The van der Waals surface area contributed by atoms with Crippen molar-refractivity contribution in [1.29, 1.82) is 0 Å². The molecule has 0 saturated carbocycles. The van der Waals surface area contributed by atoms with E-state index in [1.54, 1.807) is 0 Å².